The van der Waals surface area contributed by atoms with Crippen LogP contribution in [0, 0.1) is 0 Å². The van der Waals surface area contributed by atoms with E-state index >= 15 is 0 Å². The van der Waals surface area contributed by atoms with Crippen molar-refractivity contribution in [3.8, 4) is 22.3 Å². The molecule has 4 heteroatoms. The van der Waals surface area contributed by atoms with Gasteiger partial charge in [0, 0.05) is 0 Å². The number of allylic oxidation sites excluding steroid dienone is 2. The van der Waals surface area contributed by atoms with Crippen LogP contribution in [0.15, 0.2) is 96.1 Å². The van der Waals surface area contributed by atoms with Gasteiger partial charge in [-0.25, -0.2) is 0 Å². The van der Waals surface area contributed by atoms with E-state index in [-0.39, 0.29) is 7.25 Å². The van der Waals surface area contributed by atoms with Gasteiger partial charge in [-0.05, 0) is 0 Å². The van der Waals surface area contributed by atoms with Crippen LogP contribution in [0.3, 0.4) is 0 Å². The molecule has 4 aromatic carbocycles. The Kier molecular flexibility index (Phi) is 9.46. The molecule has 2 unspecified atom stereocenters. The fourth-order valence-electron chi connectivity index (χ4n) is 8.32. The first-order valence-electron chi connectivity index (χ1n) is 17.0. The second-order valence-corrected chi connectivity index (χ2v) is 56.2. The van der Waals surface area contributed by atoms with Crippen molar-refractivity contribution in [1.82, 2.24) is 0 Å². The molecule has 0 spiro atoms. The minimum absolute atomic E-state index is 0.110. The van der Waals surface area contributed by atoms with Gasteiger partial charge < -0.3 is 0 Å². The van der Waals surface area contributed by atoms with Gasteiger partial charge in [0.15, 0.2) is 0 Å². The van der Waals surface area contributed by atoms with Crippen molar-refractivity contribution >= 4 is 35.1 Å². The van der Waals surface area contributed by atoms with Crippen molar-refractivity contribution < 1.29 is 15.6 Å². The van der Waals surface area contributed by atoms with Gasteiger partial charge in [-0.15, -0.1) is 0 Å². The second kappa shape index (κ2) is 12.9. The average Bonchev–Trinajstić information content (AvgIpc) is 3.60. The second-order valence-electron chi connectivity index (χ2n) is 13.7. The zero-order valence-electron chi connectivity index (χ0n) is 27.8. The summed E-state index contributed by atoms with van der Waals surface area (Å²) in [5.74, 6) is -1.58. The molecule has 0 saturated heterocycles. The third kappa shape index (κ3) is 5.57. The molecule has 0 heterocycles. The number of hydrogen-bond acceptors (Lipinski definition) is 0. The van der Waals surface area contributed by atoms with E-state index in [0.29, 0.717) is 0 Å². The molecular weight excluding hydrogens is 683 g/mol. The normalized spacial score (nSPS) is 18.3. The number of rotatable bonds is 10. The molecule has 0 fully saturated rings. The van der Waals surface area contributed by atoms with Crippen molar-refractivity contribution in [2.45, 2.75) is 80.1 Å². The summed E-state index contributed by atoms with van der Waals surface area (Å²) < 4.78 is 0.232. The molecule has 233 valence electrons. The molecule has 6 rings (SSSR count). The maximum atomic E-state index is 8.53. The summed E-state index contributed by atoms with van der Waals surface area (Å²) in [4.78, 5) is 0. The van der Waals surface area contributed by atoms with E-state index in [2.05, 4.69) is 138 Å². The SMILES string of the molecule is CCCc1ccc(-c2cccc3c2C=C(C)[CH]3[Zr]([Cl])([Cl])([CH]2C(CC)=Cc3c(-c4ccc(CCC)cc4)cccc32)[SiH](C)C)cc1. The summed E-state index contributed by atoms with van der Waals surface area (Å²) in [6, 6.07) is 32.1. The fourth-order valence-corrected chi connectivity index (χ4v) is 40.7. The van der Waals surface area contributed by atoms with Crippen LogP contribution in [-0.2, 0) is 28.4 Å². The van der Waals surface area contributed by atoms with Gasteiger partial charge >= 0.3 is 283 Å². The molecule has 45 heavy (non-hydrogen) atoms. The average molecular weight is 730 g/mol. The molecule has 0 nitrogen and oxygen atoms in total. The third-order valence-electron chi connectivity index (χ3n) is 10.7. The molecule has 2 atom stereocenters. The number of hydrogen-bond donors (Lipinski definition) is 0. The van der Waals surface area contributed by atoms with Crippen molar-refractivity contribution in [1.29, 1.82) is 0 Å². The monoisotopic (exact) mass is 727 g/mol. The Morgan fingerprint density at radius 2 is 1.09 bits per heavy atom. The van der Waals surface area contributed by atoms with Crippen LogP contribution < -0.4 is 0 Å². The zero-order valence-corrected chi connectivity index (χ0v) is 32.9. The van der Waals surface area contributed by atoms with Crippen LogP contribution in [0.4, 0.5) is 0 Å². The van der Waals surface area contributed by atoms with E-state index in [1.54, 1.807) is 0 Å². The van der Waals surface area contributed by atoms with Crippen molar-refractivity contribution in [2.75, 3.05) is 0 Å². The van der Waals surface area contributed by atoms with E-state index in [0.717, 1.165) is 32.1 Å². The quantitative estimate of drug-likeness (QED) is 0.143. The van der Waals surface area contributed by atoms with Crippen LogP contribution in [0.1, 0.15) is 87.6 Å². The molecule has 0 amide bonds. The van der Waals surface area contributed by atoms with Crippen LogP contribution in [0.5, 0.6) is 0 Å². The Hall–Kier alpha value is -1.96. The Labute approximate surface area is 280 Å². The summed E-state index contributed by atoms with van der Waals surface area (Å²) in [7, 11) is 17.1. The molecule has 4 aromatic rings. The van der Waals surface area contributed by atoms with Crippen LogP contribution in [0.25, 0.3) is 34.4 Å². The molecule has 0 radical (unpaired) electrons. The molecular formula is C41H47Cl2SiZr. The van der Waals surface area contributed by atoms with E-state index in [4.69, 9.17) is 17.0 Å². The first-order chi connectivity index (χ1) is 21.6. The molecule has 0 saturated carbocycles. The van der Waals surface area contributed by atoms with Crippen LogP contribution in [0.2, 0.25) is 13.1 Å². The molecule has 2 aliphatic rings. The molecule has 0 aliphatic heterocycles. The predicted molar refractivity (Wildman–Crippen MR) is 200 cm³/mol. The Bertz CT molecular complexity index is 1780. The Morgan fingerprint density at radius 1 is 0.622 bits per heavy atom. The molecule has 2 aliphatic carbocycles. The maximum absolute atomic E-state index is 8.53. The Balaban J connectivity index is 1.49. The zero-order chi connectivity index (χ0) is 32.0. The van der Waals surface area contributed by atoms with Gasteiger partial charge in [0.1, 0.15) is 0 Å². The first kappa shape index (κ1) is 33.0. The first-order valence-corrected chi connectivity index (χ1v) is 33.3. The molecule has 0 N–H and O–H groups in total. The van der Waals surface area contributed by atoms with Crippen LogP contribution >= 0.6 is 17.0 Å². The number of aryl methyl sites for hydroxylation is 2. The van der Waals surface area contributed by atoms with E-state index < -0.39 is 21.5 Å². The van der Waals surface area contributed by atoms with Gasteiger partial charge in [-0.2, -0.15) is 0 Å². The van der Waals surface area contributed by atoms with Crippen LogP contribution in [-0.4, -0.2) is 5.92 Å². The topological polar surface area (TPSA) is 0 Å². The van der Waals surface area contributed by atoms with Gasteiger partial charge in [0.05, 0.1) is 0 Å². The summed E-state index contributed by atoms with van der Waals surface area (Å²) >= 11 is -4.72. The van der Waals surface area contributed by atoms with E-state index in [1.807, 2.05) is 0 Å². The fraction of sp³-hybridized carbons (Fsp3) is 0.317. The van der Waals surface area contributed by atoms with Gasteiger partial charge in [0.25, 0.3) is 0 Å². The molecule has 0 bridgehead atoms. The summed E-state index contributed by atoms with van der Waals surface area (Å²) in [6.07, 6.45) is 10.4. The molecule has 0 aromatic heterocycles. The van der Waals surface area contributed by atoms with Crippen molar-refractivity contribution in [3.05, 3.63) is 129 Å². The standard InChI is InChI=1S/C20H21.C19H19.C2H7Si.2ClH.Zr/c1-3-6-16-9-11-17(12-10-16)19-8-5-7-18-13-15(4-2)14-20(18)19;1-3-5-15-8-10-16(11-9-15)18-7-4-6-17-12-14(2)13-19(17)18;1-3-2;;;/h5,7-14H,3-4,6H2,1-2H3;4,6-13H,3,5H2,1-2H3;3H,1-2H3;2*1H;/q;;;;;+2/p-2. The number of fused-ring (bicyclic) bond motifs is 2. The summed E-state index contributed by atoms with van der Waals surface area (Å²) in [6.45, 7) is 13.9. The predicted octanol–water partition coefficient (Wildman–Crippen LogP) is 12.9. The van der Waals surface area contributed by atoms with Crippen molar-refractivity contribution in [2.24, 2.45) is 0 Å². The van der Waals surface area contributed by atoms with Gasteiger partial charge in [0.2, 0.25) is 0 Å². The van der Waals surface area contributed by atoms with Gasteiger partial charge in [-0.1, -0.05) is 0 Å². The third-order valence-corrected chi connectivity index (χ3v) is 62.7. The van der Waals surface area contributed by atoms with E-state index in [9.17, 15) is 0 Å². The van der Waals surface area contributed by atoms with Crippen molar-refractivity contribution in [3.63, 3.8) is 0 Å². The summed E-state index contributed by atoms with van der Waals surface area (Å²) in [5.41, 5.74) is 16.1. The van der Waals surface area contributed by atoms with E-state index in [1.165, 1.54) is 66.8 Å². The van der Waals surface area contributed by atoms with Gasteiger partial charge in [-0.3, -0.25) is 0 Å². The minimum atomic E-state index is -4.72. The Morgan fingerprint density at radius 3 is 1.53 bits per heavy atom. The number of benzene rings is 4. The number of halogens is 2. The summed E-state index contributed by atoms with van der Waals surface area (Å²) in [5, 5.41) is 0.